The predicted octanol–water partition coefficient (Wildman–Crippen LogP) is 2.80. The summed E-state index contributed by atoms with van der Waals surface area (Å²) in [5, 5.41) is 2.80. The van der Waals surface area contributed by atoms with Crippen LogP contribution in [-0.2, 0) is 6.54 Å². The largest absolute Gasteiger partial charge is 0.348 e. The second-order valence-corrected chi connectivity index (χ2v) is 4.01. The van der Waals surface area contributed by atoms with Gasteiger partial charge in [0.1, 0.15) is 11.0 Å². The van der Waals surface area contributed by atoms with Crippen LogP contribution in [0.1, 0.15) is 15.9 Å². The molecular formula is C13H10ClFN2O. The molecule has 2 rings (SSSR count). The van der Waals surface area contributed by atoms with Gasteiger partial charge in [0.25, 0.3) is 5.91 Å². The van der Waals surface area contributed by atoms with Gasteiger partial charge in [-0.3, -0.25) is 4.79 Å². The Morgan fingerprint density at radius 1 is 1.33 bits per heavy atom. The molecule has 0 atom stereocenters. The average Bonchev–Trinajstić information content (AvgIpc) is 2.37. The minimum absolute atomic E-state index is 0.147. The predicted molar refractivity (Wildman–Crippen MR) is 66.8 cm³/mol. The summed E-state index contributed by atoms with van der Waals surface area (Å²) >= 11 is 5.79. The number of carbonyl (C=O) groups excluding carboxylic acids is 1. The Morgan fingerprint density at radius 2 is 2.17 bits per heavy atom. The van der Waals surface area contributed by atoms with Gasteiger partial charge >= 0.3 is 0 Å². The Kier molecular flexibility index (Phi) is 3.89. The van der Waals surface area contributed by atoms with E-state index in [2.05, 4.69) is 10.3 Å². The smallest absolute Gasteiger partial charge is 0.254 e. The maximum atomic E-state index is 12.9. The highest BCUT2D eigenvalue weighted by Gasteiger charge is 2.09. The molecular weight excluding hydrogens is 255 g/mol. The van der Waals surface area contributed by atoms with Crippen LogP contribution in [0.4, 0.5) is 4.39 Å². The molecule has 18 heavy (non-hydrogen) atoms. The van der Waals surface area contributed by atoms with Crippen LogP contribution in [0, 0.1) is 5.82 Å². The fourth-order valence-electron chi connectivity index (χ4n) is 1.48. The van der Waals surface area contributed by atoms with Crippen molar-refractivity contribution in [3.05, 3.63) is 64.7 Å². The van der Waals surface area contributed by atoms with Crippen molar-refractivity contribution < 1.29 is 9.18 Å². The van der Waals surface area contributed by atoms with Gasteiger partial charge in [0.05, 0.1) is 5.56 Å². The van der Waals surface area contributed by atoms with Crippen molar-refractivity contribution in [2.45, 2.75) is 6.54 Å². The summed E-state index contributed by atoms with van der Waals surface area (Å²) < 4.78 is 12.9. The van der Waals surface area contributed by atoms with Crippen LogP contribution in [0.25, 0.3) is 0 Å². The van der Waals surface area contributed by atoms with Crippen molar-refractivity contribution in [1.29, 1.82) is 0 Å². The lowest BCUT2D eigenvalue weighted by Crippen LogP contribution is -2.23. The number of nitrogens with one attached hydrogen (secondary N) is 1. The van der Waals surface area contributed by atoms with Gasteiger partial charge in [-0.1, -0.05) is 23.7 Å². The van der Waals surface area contributed by atoms with Crippen molar-refractivity contribution in [2.75, 3.05) is 0 Å². The van der Waals surface area contributed by atoms with E-state index in [1.54, 1.807) is 24.3 Å². The third kappa shape index (κ3) is 3.05. The number of benzene rings is 1. The SMILES string of the molecule is O=C(NCc1cccc(F)c1)c1cccnc1Cl. The van der Waals surface area contributed by atoms with Crippen LogP contribution < -0.4 is 5.32 Å². The van der Waals surface area contributed by atoms with E-state index in [1.165, 1.54) is 18.3 Å². The number of carbonyl (C=O) groups is 1. The van der Waals surface area contributed by atoms with Gasteiger partial charge in [-0.25, -0.2) is 9.37 Å². The number of halogens is 2. The van der Waals surface area contributed by atoms with E-state index in [9.17, 15) is 9.18 Å². The van der Waals surface area contributed by atoms with Crippen molar-refractivity contribution in [2.24, 2.45) is 0 Å². The monoisotopic (exact) mass is 264 g/mol. The zero-order valence-corrected chi connectivity index (χ0v) is 10.1. The molecule has 0 saturated heterocycles. The van der Waals surface area contributed by atoms with E-state index in [4.69, 9.17) is 11.6 Å². The molecule has 0 radical (unpaired) electrons. The zero-order chi connectivity index (χ0) is 13.0. The van der Waals surface area contributed by atoms with Crippen molar-refractivity contribution in [3.8, 4) is 0 Å². The van der Waals surface area contributed by atoms with Crippen molar-refractivity contribution in [1.82, 2.24) is 10.3 Å². The summed E-state index contributed by atoms with van der Waals surface area (Å²) in [7, 11) is 0. The fourth-order valence-corrected chi connectivity index (χ4v) is 1.69. The van der Waals surface area contributed by atoms with Gasteiger partial charge in [0.2, 0.25) is 0 Å². The van der Waals surface area contributed by atoms with Gasteiger partial charge in [-0.05, 0) is 29.8 Å². The highest BCUT2D eigenvalue weighted by Crippen LogP contribution is 2.11. The highest BCUT2D eigenvalue weighted by molar-refractivity contribution is 6.32. The Bertz CT molecular complexity index is 574. The molecule has 0 bridgehead atoms. The molecule has 92 valence electrons. The molecule has 0 spiro atoms. The summed E-state index contributed by atoms with van der Waals surface area (Å²) in [5.74, 6) is -0.668. The lowest BCUT2D eigenvalue weighted by molar-refractivity contribution is 0.0950. The Hall–Kier alpha value is -1.94. The molecule has 1 N–H and O–H groups in total. The quantitative estimate of drug-likeness (QED) is 0.866. The van der Waals surface area contributed by atoms with Gasteiger partial charge in [-0.2, -0.15) is 0 Å². The highest BCUT2D eigenvalue weighted by atomic mass is 35.5. The number of hydrogen-bond acceptors (Lipinski definition) is 2. The second kappa shape index (κ2) is 5.60. The Balaban J connectivity index is 2.03. The molecule has 1 aromatic heterocycles. The minimum Gasteiger partial charge on any atom is -0.348 e. The standard InChI is InChI=1S/C13H10ClFN2O/c14-12-11(5-2-6-16-12)13(18)17-8-9-3-1-4-10(15)7-9/h1-7H,8H2,(H,17,18). The van der Waals surface area contributed by atoms with Gasteiger partial charge in [0.15, 0.2) is 0 Å². The van der Waals surface area contributed by atoms with E-state index >= 15 is 0 Å². The Labute approximate surface area is 109 Å². The molecule has 0 aliphatic carbocycles. The third-order valence-corrected chi connectivity index (χ3v) is 2.65. The molecule has 3 nitrogen and oxygen atoms in total. The van der Waals surface area contributed by atoms with E-state index in [1.807, 2.05) is 0 Å². The molecule has 0 aliphatic heterocycles. The molecule has 2 aromatic rings. The lowest BCUT2D eigenvalue weighted by atomic mass is 10.2. The van der Waals surface area contributed by atoms with Gasteiger partial charge in [0, 0.05) is 12.7 Å². The maximum Gasteiger partial charge on any atom is 0.254 e. The van der Waals surface area contributed by atoms with Crippen LogP contribution in [-0.4, -0.2) is 10.9 Å². The third-order valence-electron chi connectivity index (χ3n) is 2.35. The topological polar surface area (TPSA) is 42.0 Å². The molecule has 1 aromatic carbocycles. The molecule has 1 amide bonds. The van der Waals surface area contributed by atoms with Crippen LogP contribution in [0.15, 0.2) is 42.6 Å². The maximum absolute atomic E-state index is 12.9. The molecule has 1 heterocycles. The van der Waals surface area contributed by atoms with E-state index in [0.29, 0.717) is 11.1 Å². The van der Waals surface area contributed by atoms with Gasteiger partial charge in [-0.15, -0.1) is 0 Å². The number of nitrogens with zero attached hydrogens (tertiary/aromatic N) is 1. The van der Waals surface area contributed by atoms with Crippen molar-refractivity contribution >= 4 is 17.5 Å². The summed E-state index contributed by atoms with van der Waals surface area (Å²) in [6.45, 7) is 0.238. The van der Waals surface area contributed by atoms with Crippen LogP contribution in [0.5, 0.6) is 0 Å². The normalized spacial score (nSPS) is 10.1. The van der Waals surface area contributed by atoms with Crippen LogP contribution in [0.3, 0.4) is 0 Å². The first-order chi connectivity index (χ1) is 8.66. The summed E-state index contributed by atoms with van der Waals surface area (Å²) in [6.07, 6.45) is 1.51. The first kappa shape index (κ1) is 12.5. The van der Waals surface area contributed by atoms with E-state index < -0.39 is 0 Å². The molecule has 0 saturated carbocycles. The van der Waals surface area contributed by atoms with E-state index in [0.717, 1.165) is 0 Å². The number of pyridine rings is 1. The summed E-state index contributed by atoms with van der Waals surface area (Å²) in [5.41, 5.74) is 0.985. The van der Waals surface area contributed by atoms with Gasteiger partial charge < -0.3 is 5.32 Å². The van der Waals surface area contributed by atoms with Crippen LogP contribution >= 0.6 is 11.6 Å². The summed E-state index contributed by atoms with van der Waals surface area (Å²) in [6, 6.07) is 9.25. The molecule has 0 unspecified atom stereocenters. The van der Waals surface area contributed by atoms with Crippen LogP contribution in [0.2, 0.25) is 5.15 Å². The lowest BCUT2D eigenvalue weighted by Gasteiger charge is -2.06. The Morgan fingerprint density at radius 3 is 2.89 bits per heavy atom. The number of rotatable bonds is 3. The molecule has 0 fully saturated rings. The number of hydrogen-bond donors (Lipinski definition) is 1. The van der Waals surface area contributed by atoms with E-state index in [-0.39, 0.29) is 23.4 Å². The second-order valence-electron chi connectivity index (χ2n) is 3.65. The zero-order valence-electron chi connectivity index (χ0n) is 9.36. The number of amides is 1. The van der Waals surface area contributed by atoms with Crippen molar-refractivity contribution in [3.63, 3.8) is 0 Å². The molecule has 5 heteroatoms. The fraction of sp³-hybridized carbons (Fsp3) is 0.0769. The minimum atomic E-state index is -0.336. The first-order valence-electron chi connectivity index (χ1n) is 5.30. The number of aromatic nitrogens is 1. The first-order valence-corrected chi connectivity index (χ1v) is 5.68. The molecule has 0 aliphatic rings. The summed E-state index contributed by atoms with van der Waals surface area (Å²) in [4.78, 5) is 15.6. The average molecular weight is 265 g/mol.